The third-order valence-electron chi connectivity index (χ3n) is 8.11. The number of carbonyl (C=O) groups is 3. The SMILES string of the molecule is C=CCN(CCC)C(=O)[C@@H]1[C@@H]2CC(C)C3(S2)C(C(=O)N(CC=C)C(C)(C)C)N(CCCCO)C(=O)[C@H]13. The first-order chi connectivity index (χ1) is 17.0. The van der Waals surface area contributed by atoms with Gasteiger partial charge in [-0.15, -0.1) is 24.9 Å². The molecule has 3 fully saturated rings. The Kier molecular flexibility index (Phi) is 9.03. The van der Waals surface area contributed by atoms with Crippen LogP contribution < -0.4 is 0 Å². The number of hydrogen-bond acceptors (Lipinski definition) is 5. The van der Waals surface area contributed by atoms with E-state index in [1.807, 2.05) is 37.5 Å². The Morgan fingerprint density at radius 2 is 1.86 bits per heavy atom. The van der Waals surface area contributed by atoms with Crippen molar-refractivity contribution in [1.82, 2.24) is 14.7 Å². The Bertz CT molecular complexity index is 871. The van der Waals surface area contributed by atoms with E-state index in [1.165, 1.54) is 0 Å². The Hall–Kier alpha value is -1.80. The van der Waals surface area contributed by atoms with E-state index in [4.69, 9.17) is 0 Å². The minimum atomic E-state index is -0.630. The Balaban J connectivity index is 2.09. The van der Waals surface area contributed by atoms with Crippen molar-refractivity contribution in [3.8, 4) is 0 Å². The van der Waals surface area contributed by atoms with E-state index in [-0.39, 0.29) is 35.5 Å². The normalized spacial score (nSPS) is 30.9. The number of rotatable bonds is 12. The third kappa shape index (κ3) is 4.75. The van der Waals surface area contributed by atoms with Crippen molar-refractivity contribution in [2.45, 2.75) is 81.9 Å². The molecule has 3 unspecified atom stereocenters. The maximum atomic E-state index is 14.4. The quantitative estimate of drug-likeness (QED) is 0.316. The highest BCUT2D eigenvalue weighted by Gasteiger charge is 2.76. The number of hydrogen-bond donors (Lipinski definition) is 1. The van der Waals surface area contributed by atoms with Crippen LogP contribution in [0.3, 0.4) is 0 Å². The van der Waals surface area contributed by atoms with Crippen molar-refractivity contribution in [3.63, 3.8) is 0 Å². The molecule has 8 heteroatoms. The molecule has 0 radical (unpaired) electrons. The summed E-state index contributed by atoms with van der Waals surface area (Å²) >= 11 is 1.72. The molecule has 0 aromatic rings. The summed E-state index contributed by atoms with van der Waals surface area (Å²) in [7, 11) is 0. The second-order valence-electron chi connectivity index (χ2n) is 11.5. The van der Waals surface area contributed by atoms with Gasteiger partial charge < -0.3 is 19.8 Å². The Labute approximate surface area is 221 Å². The molecular weight excluding hydrogens is 474 g/mol. The predicted octanol–water partition coefficient (Wildman–Crippen LogP) is 3.33. The first-order valence-corrected chi connectivity index (χ1v) is 14.3. The van der Waals surface area contributed by atoms with Crippen molar-refractivity contribution in [1.29, 1.82) is 0 Å². The molecule has 6 atom stereocenters. The number of aliphatic hydroxyl groups is 1. The molecule has 0 aromatic heterocycles. The van der Waals surface area contributed by atoms with Gasteiger partial charge in [0.05, 0.1) is 16.6 Å². The highest BCUT2D eigenvalue weighted by molar-refractivity contribution is 8.02. The standard InChI is InChI=1S/C28H45N3O4S/c1-8-13-29(14-9-2)24(33)21-20-18-19(4)28(36-20)22(21)25(34)30(16-11-12-17-32)23(28)26(35)31(15-10-3)27(5,6)7/h8,10,19-23,32H,1,3,9,11-18H2,2,4-7H3/t19?,20-,21+,22-,23?,28?/m0/s1. The van der Waals surface area contributed by atoms with Gasteiger partial charge in [0.2, 0.25) is 17.7 Å². The minimum Gasteiger partial charge on any atom is -0.396 e. The summed E-state index contributed by atoms with van der Waals surface area (Å²) in [6.07, 6.45) is 6.32. The zero-order chi connectivity index (χ0) is 26.8. The largest absolute Gasteiger partial charge is 0.396 e. The summed E-state index contributed by atoms with van der Waals surface area (Å²) in [4.78, 5) is 47.9. The summed E-state index contributed by atoms with van der Waals surface area (Å²) in [6.45, 7) is 19.8. The molecular formula is C28H45N3O4S. The van der Waals surface area contributed by atoms with E-state index < -0.39 is 28.2 Å². The second kappa shape index (κ2) is 11.3. The lowest BCUT2D eigenvalue weighted by atomic mass is 9.65. The van der Waals surface area contributed by atoms with E-state index in [0.717, 1.165) is 12.8 Å². The van der Waals surface area contributed by atoms with Crippen LogP contribution in [0.2, 0.25) is 0 Å². The number of likely N-dealkylation sites (tertiary alicyclic amines) is 1. The topological polar surface area (TPSA) is 81.2 Å². The van der Waals surface area contributed by atoms with E-state index in [9.17, 15) is 19.5 Å². The monoisotopic (exact) mass is 519 g/mol. The number of aliphatic hydroxyl groups excluding tert-OH is 1. The molecule has 7 nitrogen and oxygen atoms in total. The molecule has 3 aliphatic rings. The first kappa shape index (κ1) is 28.8. The fraction of sp³-hybridized carbons (Fsp3) is 0.750. The Morgan fingerprint density at radius 3 is 2.42 bits per heavy atom. The molecule has 2 bridgehead atoms. The van der Waals surface area contributed by atoms with Gasteiger partial charge in [-0.1, -0.05) is 26.0 Å². The summed E-state index contributed by atoms with van der Waals surface area (Å²) in [5.74, 6) is -0.927. The zero-order valence-electron chi connectivity index (χ0n) is 22.7. The number of amides is 3. The van der Waals surface area contributed by atoms with Gasteiger partial charge in [-0.3, -0.25) is 14.4 Å². The smallest absolute Gasteiger partial charge is 0.247 e. The molecule has 3 rings (SSSR count). The number of unbranched alkanes of at least 4 members (excludes halogenated alkanes) is 1. The van der Waals surface area contributed by atoms with Gasteiger partial charge in [0, 0.05) is 43.6 Å². The fourth-order valence-electron chi connectivity index (χ4n) is 6.61. The molecule has 3 heterocycles. The van der Waals surface area contributed by atoms with Crippen LogP contribution in [-0.2, 0) is 14.4 Å². The van der Waals surface area contributed by atoms with Gasteiger partial charge in [-0.05, 0) is 52.4 Å². The molecule has 0 saturated carbocycles. The summed E-state index contributed by atoms with van der Waals surface area (Å²) in [6, 6.07) is -0.630. The van der Waals surface area contributed by atoms with Crippen molar-refractivity contribution in [2.24, 2.45) is 17.8 Å². The maximum Gasteiger partial charge on any atom is 0.247 e. The third-order valence-corrected chi connectivity index (χ3v) is 10.2. The van der Waals surface area contributed by atoms with Crippen molar-refractivity contribution in [2.75, 3.05) is 32.8 Å². The van der Waals surface area contributed by atoms with Crippen LogP contribution in [0.15, 0.2) is 25.3 Å². The van der Waals surface area contributed by atoms with Crippen LogP contribution in [0, 0.1) is 17.8 Å². The number of carbonyl (C=O) groups excluding carboxylic acids is 3. The second-order valence-corrected chi connectivity index (χ2v) is 13.0. The van der Waals surface area contributed by atoms with Gasteiger partial charge in [-0.25, -0.2) is 0 Å². The lowest BCUT2D eigenvalue weighted by Crippen LogP contribution is -2.60. The molecule has 3 amide bonds. The number of fused-ring (bicyclic) bond motifs is 1. The van der Waals surface area contributed by atoms with Crippen LogP contribution in [0.1, 0.15) is 60.3 Å². The average molecular weight is 520 g/mol. The number of thioether (sulfide) groups is 1. The lowest BCUT2D eigenvalue weighted by molar-refractivity contribution is -0.146. The summed E-state index contributed by atoms with van der Waals surface area (Å²) < 4.78 is -0.630. The molecule has 3 aliphatic heterocycles. The minimum absolute atomic E-state index is 0.0172. The van der Waals surface area contributed by atoms with Gasteiger partial charge in [-0.2, -0.15) is 0 Å². The fourth-order valence-corrected chi connectivity index (χ4v) is 9.02. The van der Waals surface area contributed by atoms with Gasteiger partial charge in [0.25, 0.3) is 0 Å². The predicted molar refractivity (Wildman–Crippen MR) is 145 cm³/mol. The van der Waals surface area contributed by atoms with Gasteiger partial charge in [0.15, 0.2) is 0 Å². The van der Waals surface area contributed by atoms with Crippen molar-refractivity contribution < 1.29 is 19.5 Å². The van der Waals surface area contributed by atoms with E-state index in [2.05, 4.69) is 20.1 Å². The molecule has 1 N–H and O–H groups in total. The summed E-state index contributed by atoms with van der Waals surface area (Å²) in [5.41, 5.74) is -0.443. The van der Waals surface area contributed by atoms with Gasteiger partial charge in [0.1, 0.15) is 6.04 Å². The van der Waals surface area contributed by atoms with Crippen LogP contribution in [0.25, 0.3) is 0 Å². The maximum absolute atomic E-state index is 14.4. The van der Waals surface area contributed by atoms with Gasteiger partial charge >= 0.3 is 0 Å². The van der Waals surface area contributed by atoms with Crippen LogP contribution >= 0.6 is 11.8 Å². The first-order valence-electron chi connectivity index (χ1n) is 13.4. The van der Waals surface area contributed by atoms with Crippen LogP contribution in [0.5, 0.6) is 0 Å². The zero-order valence-corrected chi connectivity index (χ0v) is 23.6. The molecule has 202 valence electrons. The molecule has 1 spiro atoms. The Morgan fingerprint density at radius 1 is 1.19 bits per heavy atom. The van der Waals surface area contributed by atoms with Crippen molar-refractivity contribution in [3.05, 3.63) is 25.3 Å². The highest BCUT2D eigenvalue weighted by Crippen LogP contribution is 2.69. The van der Waals surface area contributed by atoms with Crippen LogP contribution in [-0.4, -0.2) is 91.9 Å². The molecule has 3 saturated heterocycles. The average Bonchev–Trinajstić information content (AvgIpc) is 3.40. The summed E-state index contributed by atoms with van der Waals surface area (Å²) in [5, 5.41) is 9.41. The highest BCUT2D eigenvalue weighted by atomic mass is 32.2. The van der Waals surface area contributed by atoms with E-state index in [1.54, 1.807) is 28.8 Å². The lowest BCUT2D eigenvalue weighted by Gasteiger charge is -2.44. The van der Waals surface area contributed by atoms with E-state index in [0.29, 0.717) is 39.0 Å². The van der Waals surface area contributed by atoms with E-state index >= 15 is 0 Å². The molecule has 0 aromatic carbocycles. The molecule has 36 heavy (non-hydrogen) atoms. The van der Waals surface area contributed by atoms with Crippen LogP contribution in [0.4, 0.5) is 0 Å². The number of nitrogens with zero attached hydrogens (tertiary/aromatic N) is 3. The van der Waals surface area contributed by atoms with Crippen molar-refractivity contribution >= 4 is 29.5 Å². The molecule has 0 aliphatic carbocycles.